The molecule has 0 unspecified atom stereocenters. The van der Waals surface area contributed by atoms with E-state index in [1.807, 2.05) is 30.2 Å². The van der Waals surface area contributed by atoms with Crippen molar-refractivity contribution in [1.29, 1.82) is 0 Å². The zero-order valence-corrected chi connectivity index (χ0v) is 20.0. The van der Waals surface area contributed by atoms with Gasteiger partial charge in [-0.25, -0.2) is 4.79 Å². The van der Waals surface area contributed by atoms with E-state index in [1.54, 1.807) is 18.3 Å². The monoisotopic (exact) mass is 459 g/mol. The van der Waals surface area contributed by atoms with Crippen LogP contribution < -0.4 is 5.32 Å². The van der Waals surface area contributed by atoms with Crippen molar-refractivity contribution < 1.29 is 19.1 Å². The molecular weight excluding hydrogens is 426 g/mol. The van der Waals surface area contributed by atoms with E-state index in [1.165, 1.54) is 4.88 Å². The molecule has 1 aliphatic heterocycles. The first-order valence-electron chi connectivity index (χ1n) is 11.3. The summed E-state index contributed by atoms with van der Waals surface area (Å²) in [5.74, 6) is -0.425. The number of carbonyl (C=O) groups excluding carboxylic acids is 3. The lowest BCUT2D eigenvalue weighted by Gasteiger charge is -2.32. The van der Waals surface area contributed by atoms with Crippen LogP contribution in [0, 0.1) is 19.8 Å². The van der Waals surface area contributed by atoms with E-state index in [2.05, 4.69) is 16.4 Å². The summed E-state index contributed by atoms with van der Waals surface area (Å²) >= 11 is 1.69. The van der Waals surface area contributed by atoms with Crippen molar-refractivity contribution in [3.05, 3.63) is 44.9 Å². The van der Waals surface area contributed by atoms with Gasteiger partial charge in [-0.15, -0.1) is 11.3 Å². The number of nitrogens with zero attached hydrogens (tertiary/aromatic N) is 1. The molecule has 2 amide bonds. The largest absolute Gasteiger partial charge is 0.461 e. The van der Waals surface area contributed by atoms with Crippen molar-refractivity contribution in [3.63, 3.8) is 0 Å². The van der Waals surface area contributed by atoms with Crippen LogP contribution in [0.4, 0.5) is 0 Å². The van der Waals surface area contributed by atoms with Gasteiger partial charge in [0.05, 0.1) is 12.5 Å². The van der Waals surface area contributed by atoms with Gasteiger partial charge in [0.2, 0.25) is 11.8 Å². The molecule has 174 valence electrons. The molecule has 3 rings (SSSR count). The number of H-pyrrole nitrogens is 1. The summed E-state index contributed by atoms with van der Waals surface area (Å²) in [6.45, 7) is 7.68. The van der Waals surface area contributed by atoms with E-state index in [0.717, 1.165) is 36.1 Å². The van der Waals surface area contributed by atoms with Gasteiger partial charge in [0.15, 0.2) is 0 Å². The summed E-state index contributed by atoms with van der Waals surface area (Å²) in [6, 6.07) is 4.09. The van der Waals surface area contributed by atoms with Crippen LogP contribution in [-0.2, 0) is 27.2 Å². The highest BCUT2D eigenvalue weighted by Gasteiger charge is 2.28. The molecule has 1 saturated heterocycles. The fourth-order valence-electron chi connectivity index (χ4n) is 4.29. The van der Waals surface area contributed by atoms with Crippen LogP contribution in [0.3, 0.4) is 0 Å². The lowest BCUT2D eigenvalue weighted by molar-refractivity contribution is -0.135. The first kappa shape index (κ1) is 24.0. The van der Waals surface area contributed by atoms with E-state index in [4.69, 9.17) is 4.74 Å². The van der Waals surface area contributed by atoms with Gasteiger partial charge >= 0.3 is 5.97 Å². The van der Waals surface area contributed by atoms with Crippen molar-refractivity contribution in [3.8, 4) is 0 Å². The number of piperidine rings is 1. The second kappa shape index (κ2) is 11.3. The molecule has 0 saturated carbocycles. The van der Waals surface area contributed by atoms with Gasteiger partial charge in [0, 0.05) is 36.6 Å². The maximum atomic E-state index is 12.9. The molecule has 2 aromatic rings. The van der Waals surface area contributed by atoms with Crippen molar-refractivity contribution in [1.82, 2.24) is 15.2 Å². The van der Waals surface area contributed by atoms with Gasteiger partial charge in [0.1, 0.15) is 5.69 Å². The molecule has 0 spiro atoms. The van der Waals surface area contributed by atoms with Crippen molar-refractivity contribution in [2.75, 3.05) is 26.2 Å². The first-order chi connectivity index (χ1) is 15.4. The predicted octanol–water partition coefficient (Wildman–Crippen LogP) is 3.40. The third-order valence-electron chi connectivity index (χ3n) is 6.06. The number of aromatic amines is 1. The Hall–Kier alpha value is -2.61. The second-order valence-corrected chi connectivity index (χ2v) is 9.28. The van der Waals surface area contributed by atoms with E-state index < -0.39 is 0 Å². The van der Waals surface area contributed by atoms with Gasteiger partial charge < -0.3 is 19.9 Å². The molecule has 0 aromatic carbocycles. The van der Waals surface area contributed by atoms with Crippen LogP contribution in [0.1, 0.15) is 58.4 Å². The van der Waals surface area contributed by atoms with Gasteiger partial charge in [0.25, 0.3) is 0 Å². The van der Waals surface area contributed by atoms with E-state index in [-0.39, 0.29) is 23.7 Å². The smallest absolute Gasteiger partial charge is 0.355 e. The molecule has 2 N–H and O–H groups in total. The Kier molecular flexibility index (Phi) is 8.50. The minimum Gasteiger partial charge on any atom is -0.461 e. The van der Waals surface area contributed by atoms with Crippen LogP contribution in [0.2, 0.25) is 0 Å². The highest BCUT2D eigenvalue weighted by atomic mass is 32.1. The minimum atomic E-state index is -0.366. The van der Waals surface area contributed by atoms with E-state index >= 15 is 0 Å². The first-order valence-corrected chi connectivity index (χ1v) is 12.2. The Morgan fingerprint density at radius 2 is 2.09 bits per heavy atom. The Bertz CT molecular complexity index is 935. The maximum Gasteiger partial charge on any atom is 0.355 e. The van der Waals surface area contributed by atoms with Gasteiger partial charge in [-0.05, 0) is 69.0 Å². The fourth-order valence-corrected chi connectivity index (χ4v) is 5.00. The average molecular weight is 460 g/mol. The molecule has 0 radical (unpaired) electrons. The number of aromatic nitrogens is 1. The summed E-state index contributed by atoms with van der Waals surface area (Å²) in [5.41, 5.74) is 3.18. The van der Waals surface area contributed by atoms with Crippen LogP contribution in [0.15, 0.2) is 17.5 Å². The Morgan fingerprint density at radius 3 is 2.81 bits per heavy atom. The number of amides is 2. The summed E-state index contributed by atoms with van der Waals surface area (Å²) in [4.78, 5) is 43.7. The minimum absolute atomic E-state index is 0.0375. The quantitative estimate of drug-likeness (QED) is 0.562. The molecule has 0 aliphatic carbocycles. The third kappa shape index (κ3) is 6.00. The standard InChI is InChI=1S/C24H33N3O4S/c1-4-31-24(30)22-16(2)20(17(3)26-22)9-10-21(28)27-13-5-7-18(15-27)23(29)25-12-11-19-8-6-14-32-19/h6,8,14,18,26H,4-5,7,9-13,15H2,1-3H3,(H,25,29)/t18-/m1/s1. The Labute approximate surface area is 193 Å². The highest BCUT2D eigenvalue weighted by Crippen LogP contribution is 2.22. The number of esters is 1. The maximum absolute atomic E-state index is 12.9. The number of hydrogen-bond acceptors (Lipinski definition) is 5. The highest BCUT2D eigenvalue weighted by molar-refractivity contribution is 7.09. The number of hydrogen-bond donors (Lipinski definition) is 2. The number of nitrogens with one attached hydrogen (secondary N) is 2. The topological polar surface area (TPSA) is 91.5 Å². The SMILES string of the molecule is CCOC(=O)c1[nH]c(C)c(CCC(=O)N2CCC[C@@H](C(=O)NCCc3cccs3)C2)c1C. The summed E-state index contributed by atoms with van der Waals surface area (Å²) in [6.07, 6.45) is 3.40. The zero-order chi connectivity index (χ0) is 23.1. The number of carbonyl (C=O) groups is 3. The zero-order valence-electron chi connectivity index (χ0n) is 19.2. The number of aryl methyl sites for hydroxylation is 1. The Morgan fingerprint density at radius 1 is 1.28 bits per heavy atom. The lowest BCUT2D eigenvalue weighted by Crippen LogP contribution is -2.45. The predicted molar refractivity (Wildman–Crippen MR) is 125 cm³/mol. The van der Waals surface area contributed by atoms with Crippen LogP contribution in [-0.4, -0.2) is 53.9 Å². The molecular formula is C24H33N3O4S. The summed E-state index contributed by atoms with van der Waals surface area (Å²) < 4.78 is 5.10. The van der Waals surface area contributed by atoms with Crippen LogP contribution in [0.25, 0.3) is 0 Å². The average Bonchev–Trinajstić information content (AvgIpc) is 3.40. The fraction of sp³-hybridized carbons (Fsp3) is 0.542. The normalized spacial score (nSPS) is 16.1. The molecule has 1 aliphatic rings. The Balaban J connectivity index is 1.50. The van der Waals surface area contributed by atoms with E-state index in [9.17, 15) is 14.4 Å². The second-order valence-electron chi connectivity index (χ2n) is 8.25. The molecule has 1 fully saturated rings. The van der Waals surface area contributed by atoms with Crippen LogP contribution in [0.5, 0.6) is 0 Å². The molecule has 2 aromatic heterocycles. The number of thiophene rings is 1. The van der Waals surface area contributed by atoms with Gasteiger partial charge in [-0.1, -0.05) is 6.07 Å². The van der Waals surface area contributed by atoms with Crippen LogP contribution >= 0.6 is 11.3 Å². The number of rotatable bonds is 9. The van der Waals surface area contributed by atoms with Crippen molar-refractivity contribution in [2.45, 2.75) is 52.9 Å². The molecule has 0 bridgehead atoms. The summed E-state index contributed by atoms with van der Waals surface area (Å²) in [5, 5.41) is 5.07. The van der Waals surface area contributed by atoms with Gasteiger partial charge in [-0.2, -0.15) is 0 Å². The molecule has 8 heteroatoms. The number of ether oxygens (including phenoxy) is 1. The van der Waals surface area contributed by atoms with E-state index in [0.29, 0.717) is 44.8 Å². The lowest BCUT2D eigenvalue weighted by atomic mass is 9.96. The molecule has 3 heterocycles. The number of likely N-dealkylation sites (tertiary alicyclic amines) is 1. The van der Waals surface area contributed by atoms with Crippen molar-refractivity contribution in [2.24, 2.45) is 5.92 Å². The molecule has 1 atom stereocenters. The molecule has 32 heavy (non-hydrogen) atoms. The van der Waals surface area contributed by atoms with Crippen molar-refractivity contribution >= 4 is 29.1 Å². The summed E-state index contributed by atoms with van der Waals surface area (Å²) in [7, 11) is 0. The molecule has 7 nitrogen and oxygen atoms in total. The third-order valence-corrected chi connectivity index (χ3v) is 6.99. The van der Waals surface area contributed by atoms with Gasteiger partial charge in [-0.3, -0.25) is 9.59 Å².